The number of amides is 2. The number of piperazine rings is 1. The second-order valence-corrected chi connectivity index (χ2v) is 2.92. The number of carbonyl (C=O) groups is 2. The number of nitrogens with one attached hydrogen (secondary N) is 2. The molecule has 1 unspecified atom stereocenters. The molecule has 1 aliphatic heterocycles. The van der Waals surface area contributed by atoms with Crippen LogP contribution in [-0.4, -0.2) is 23.9 Å². The third-order valence-electron chi connectivity index (χ3n) is 2.03. The monoisotopic (exact) mass is 156 g/mol. The average Bonchev–Trinajstić information content (AvgIpc) is 1.98. The van der Waals surface area contributed by atoms with E-state index in [-0.39, 0.29) is 18.4 Å². The molecule has 0 aromatic rings. The van der Waals surface area contributed by atoms with Crippen LogP contribution in [0.4, 0.5) is 0 Å². The topological polar surface area (TPSA) is 58.2 Å². The van der Waals surface area contributed by atoms with Crippen LogP contribution in [0.1, 0.15) is 20.3 Å². The molecule has 2 amide bonds. The van der Waals surface area contributed by atoms with E-state index in [2.05, 4.69) is 10.6 Å². The predicted octanol–water partition coefficient (Wildman–Crippen LogP) is -0.599. The SMILES string of the molecule is CCC1(C)NC(=O)CNC1=O. The molecule has 1 rings (SSSR count). The van der Waals surface area contributed by atoms with Crippen LogP contribution in [0.5, 0.6) is 0 Å². The number of carbonyl (C=O) groups excluding carboxylic acids is 2. The first kappa shape index (κ1) is 8.04. The Morgan fingerprint density at radius 2 is 2.18 bits per heavy atom. The van der Waals surface area contributed by atoms with Gasteiger partial charge in [0.1, 0.15) is 5.54 Å². The zero-order valence-corrected chi connectivity index (χ0v) is 6.73. The standard InChI is InChI=1S/C7H12N2O2/c1-3-7(2)6(11)8-4-5(10)9-7/h3-4H2,1-2H3,(H,8,11)(H,9,10). The lowest BCUT2D eigenvalue weighted by molar-refractivity contribution is -0.137. The smallest absolute Gasteiger partial charge is 0.245 e. The summed E-state index contributed by atoms with van der Waals surface area (Å²) in [5, 5.41) is 5.16. The fourth-order valence-corrected chi connectivity index (χ4v) is 1.01. The summed E-state index contributed by atoms with van der Waals surface area (Å²) in [6, 6.07) is 0. The zero-order valence-electron chi connectivity index (χ0n) is 6.73. The number of rotatable bonds is 1. The normalized spacial score (nSPS) is 31.1. The van der Waals surface area contributed by atoms with E-state index in [1.54, 1.807) is 6.92 Å². The predicted molar refractivity (Wildman–Crippen MR) is 39.8 cm³/mol. The summed E-state index contributed by atoms with van der Waals surface area (Å²) in [4.78, 5) is 22.0. The minimum absolute atomic E-state index is 0.0976. The third kappa shape index (κ3) is 1.34. The van der Waals surface area contributed by atoms with Crippen LogP contribution in [0, 0.1) is 0 Å². The first-order chi connectivity index (χ1) is 5.08. The molecule has 0 aromatic heterocycles. The van der Waals surface area contributed by atoms with Crippen molar-refractivity contribution in [2.24, 2.45) is 0 Å². The second kappa shape index (κ2) is 2.53. The van der Waals surface area contributed by atoms with Gasteiger partial charge in [-0.25, -0.2) is 0 Å². The summed E-state index contributed by atoms with van der Waals surface area (Å²) >= 11 is 0. The van der Waals surface area contributed by atoms with Crippen molar-refractivity contribution in [2.75, 3.05) is 6.54 Å². The highest BCUT2D eigenvalue weighted by Gasteiger charge is 2.36. The van der Waals surface area contributed by atoms with Crippen molar-refractivity contribution in [3.63, 3.8) is 0 Å². The molecule has 0 aliphatic carbocycles. The van der Waals surface area contributed by atoms with E-state index >= 15 is 0 Å². The van der Waals surface area contributed by atoms with E-state index in [1.165, 1.54) is 0 Å². The molecular formula is C7H12N2O2. The van der Waals surface area contributed by atoms with Gasteiger partial charge in [-0.1, -0.05) is 6.92 Å². The molecule has 0 radical (unpaired) electrons. The molecule has 0 saturated carbocycles. The molecule has 1 atom stereocenters. The minimum atomic E-state index is -0.699. The molecular weight excluding hydrogens is 144 g/mol. The summed E-state index contributed by atoms with van der Waals surface area (Å²) in [6.45, 7) is 3.69. The van der Waals surface area contributed by atoms with E-state index in [0.717, 1.165) is 0 Å². The molecule has 1 saturated heterocycles. The minimum Gasteiger partial charge on any atom is -0.345 e. The van der Waals surface area contributed by atoms with E-state index in [1.807, 2.05) is 6.92 Å². The van der Waals surface area contributed by atoms with Gasteiger partial charge < -0.3 is 10.6 Å². The molecule has 62 valence electrons. The fourth-order valence-electron chi connectivity index (χ4n) is 1.01. The van der Waals surface area contributed by atoms with Gasteiger partial charge in [0.15, 0.2) is 0 Å². The van der Waals surface area contributed by atoms with Crippen LogP contribution in [0.25, 0.3) is 0 Å². The summed E-state index contributed by atoms with van der Waals surface area (Å²) < 4.78 is 0. The van der Waals surface area contributed by atoms with Crippen molar-refractivity contribution >= 4 is 11.8 Å². The van der Waals surface area contributed by atoms with Gasteiger partial charge in [-0.05, 0) is 13.3 Å². The summed E-state index contributed by atoms with van der Waals surface area (Å²) in [7, 11) is 0. The molecule has 1 heterocycles. The number of hydrogen-bond donors (Lipinski definition) is 2. The second-order valence-electron chi connectivity index (χ2n) is 2.92. The quantitative estimate of drug-likeness (QED) is 0.532. The van der Waals surface area contributed by atoms with Crippen molar-refractivity contribution in [3.8, 4) is 0 Å². The van der Waals surface area contributed by atoms with E-state index in [9.17, 15) is 9.59 Å². The Bertz CT molecular complexity index is 203. The first-order valence-corrected chi connectivity index (χ1v) is 3.68. The van der Waals surface area contributed by atoms with Gasteiger partial charge in [-0.15, -0.1) is 0 Å². The molecule has 11 heavy (non-hydrogen) atoms. The van der Waals surface area contributed by atoms with Crippen LogP contribution in [-0.2, 0) is 9.59 Å². The van der Waals surface area contributed by atoms with Crippen molar-refractivity contribution in [2.45, 2.75) is 25.8 Å². The number of hydrogen-bond acceptors (Lipinski definition) is 2. The Labute approximate surface area is 65.3 Å². The summed E-state index contributed by atoms with van der Waals surface area (Å²) in [5.41, 5.74) is -0.699. The van der Waals surface area contributed by atoms with Crippen LogP contribution in [0.3, 0.4) is 0 Å². The van der Waals surface area contributed by atoms with Crippen LogP contribution >= 0.6 is 0 Å². The van der Waals surface area contributed by atoms with Crippen molar-refractivity contribution in [1.29, 1.82) is 0 Å². The van der Waals surface area contributed by atoms with Crippen LogP contribution in [0.2, 0.25) is 0 Å². The molecule has 4 heteroatoms. The van der Waals surface area contributed by atoms with Gasteiger partial charge in [0.2, 0.25) is 11.8 Å². The van der Waals surface area contributed by atoms with Gasteiger partial charge >= 0.3 is 0 Å². The Morgan fingerprint density at radius 1 is 1.55 bits per heavy atom. The van der Waals surface area contributed by atoms with Crippen LogP contribution in [0.15, 0.2) is 0 Å². The molecule has 1 fully saturated rings. The van der Waals surface area contributed by atoms with Gasteiger partial charge in [-0.2, -0.15) is 0 Å². The maximum absolute atomic E-state index is 11.2. The van der Waals surface area contributed by atoms with Crippen molar-refractivity contribution in [1.82, 2.24) is 10.6 Å². The Balaban J connectivity index is 2.76. The van der Waals surface area contributed by atoms with Gasteiger partial charge in [0, 0.05) is 0 Å². The van der Waals surface area contributed by atoms with Gasteiger partial charge in [0.25, 0.3) is 0 Å². The average molecular weight is 156 g/mol. The lowest BCUT2D eigenvalue weighted by Gasteiger charge is -2.32. The maximum atomic E-state index is 11.2. The molecule has 1 aliphatic rings. The Kier molecular flexibility index (Phi) is 1.85. The largest absolute Gasteiger partial charge is 0.345 e. The van der Waals surface area contributed by atoms with Crippen molar-refractivity contribution < 1.29 is 9.59 Å². The van der Waals surface area contributed by atoms with E-state index in [0.29, 0.717) is 6.42 Å². The maximum Gasteiger partial charge on any atom is 0.245 e. The summed E-state index contributed by atoms with van der Waals surface area (Å²) in [6.07, 6.45) is 0.616. The Morgan fingerprint density at radius 3 is 2.64 bits per heavy atom. The molecule has 0 bridgehead atoms. The molecule has 4 nitrogen and oxygen atoms in total. The molecule has 0 aromatic carbocycles. The lowest BCUT2D eigenvalue weighted by Crippen LogP contribution is -2.63. The molecule has 2 N–H and O–H groups in total. The van der Waals surface area contributed by atoms with Gasteiger partial charge in [-0.3, -0.25) is 9.59 Å². The Hall–Kier alpha value is -1.06. The summed E-state index contributed by atoms with van der Waals surface area (Å²) in [5.74, 6) is -0.214. The lowest BCUT2D eigenvalue weighted by atomic mass is 9.96. The highest BCUT2D eigenvalue weighted by molar-refractivity contribution is 5.97. The van der Waals surface area contributed by atoms with Gasteiger partial charge in [0.05, 0.1) is 6.54 Å². The zero-order chi connectivity index (χ0) is 8.48. The highest BCUT2D eigenvalue weighted by atomic mass is 16.2. The first-order valence-electron chi connectivity index (χ1n) is 3.68. The van der Waals surface area contributed by atoms with Crippen molar-refractivity contribution in [3.05, 3.63) is 0 Å². The molecule has 0 spiro atoms. The van der Waals surface area contributed by atoms with Crippen LogP contribution < -0.4 is 10.6 Å². The van der Waals surface area contributed by atoms with E-state index in [4.69, 9.17) is 0 Å². The highest BCUT2D eigenvalue weighted by Crippen LogP contribution is 2.10. The fraction of sp³-hybridized carbons (Fsp3) is 0.714. The third-order valence-corrected chi connectivity index (χ3v) is 2.03. The van der Waals surface area contributed by atoms with E-state index < -0.39 is 5.54 Å².